The van der Waals surface area contributed by atoms with E-state index in [1.54, 1.807) is 48.6 Å². The summed E-state index contributed by atoms with van der Waals surface area (Å²) in [6, 6.07) is 8.71. The normalized spacial score (nSPS) is 10.2. The van der Waals surface area contributed by atoms with Gasteiger partial charge in [0, 0.05) is 25.5 Å². The van der Waals surface area contributed by atoms with Crippen LogP contribution in [0, 0.1) is 0 Å². The Balaban J connectivity index is 2.14. The second kappa shape index (κ2) is 8.82. The van der Waals surface area contributed by atoms with Crippen molar-refractivity contribution < 1.29 is 14.3 Å². The van der Waals surface area contributed by atoms with Gasteiger partial charge in [-0.1, -0.05) is 19.4 Å². The molecule has 0 atom stereocenters. The van der Waals surface area contributed by atoms with E-state index < -0.39 is 5.97 Å². The Hall–Kier alpha value is -2.89. The third-order valence-electron chi connectivity index (χ3n) is 3.75. The van der Waals surface area contributed by atoms with Crippen molar-refractivity contribution in [2.24, 2.45) is 0 Å². The first-order chi connectivity index (χ1) is 12.0. The Morgan fingerprint density at radius 3 is 2.64 bits per heavy atom. The second-order valence-electron chi connectivity index (χ2n) is 5.74. The van der Waals surface area contributed by atoms with Crippen LogP contribution in [-0.4, -0.2) is 42.5 Å². The lowest BCUT2D eigenvalue weighted by molar-refractivity contribution is 0.0600. The number of aromatic nitrogens is 1. The molecule has 1 heterocycles. The van der Waals surface area contributed by atoms with Crippen LogP contribution < -0.4 is 5.32 Å². The number of nitrogens with zero attached hydrogens (tertiary/aromatic N) is 2. The monoisotopic (exact) mass is 341 g/mol. The zero-order chi connectivity index (χ0) is 18.2. The number of ether oxygens (including phenoxy) is 1. The Kier molecular flexibility index (Phi) is 6.51. The van der Waals surface area contributed by atoms with Gasteiger partial charge in [-0.3, -0.25) is 9.78 Å². The van der Waals surface area contributed by atoms with Crippen molar-refractivity contribution in [3.8, 4) is 0 Å². The lowest BCUT2D eigenvalue weighted by atomic mass is 10.2. The molecule has 1 aromatic heterocycles. The average Bonchev–Trinajstić information content (AvgIpc) is 2.65. The number of anilines is 2. The number of pyridine rings is 1. The van der Waals surface area contributed by atoms with E-state index in [9.17, 15) is 9.59 Å². The van der Waals surface area contributed by atoms with E-state index in [0.29, 0.717) is 29.0 Å². The zero-order valence-corrected chi connectivity index (χ0v) is 14.8. The molecular formula is C19H23N3O3. The van der Waals surface area contributed by atoms with Crippen molar-refractivity contribution in [1.82, 2.24) is 9.88 Å². The van der Waals surface area contributed by atoms with Crippen molar-refractivity contribution in [2.75, 3.05) is 26.0 Å². The smallest absolute Gasteiger partial charge is 0.337 e. The van der Waals surface area contributed by atoms with Gasteiger partial charge in [0.25, 0.3) is 5.91 Å². The molecule has 2 aromatic rings. The third kappa shape index (κ3) is 5.04. The van der Waals surface area contributed by atoms with Crippen LogP contribution in [-0.2, 0) is 4.74 Å². The molecule has 0 aliphatic heterocycles. The first-order valence-corrected chi connectivity index (χ1v) is 8.21. The molecule has 1 aromatic carbocycles. The van der Waals surface area contributed by atoms with E-state index in [2.05, 4.69) is 17.2 Å². The van der Waals surface area contributed by atoms with Crippen LogP contribution in [0.25, 0.3) is 0 Å². The van der Waals surface area contributed by atoms with Crippen LogP contribution in [0.2, 0.25) is 0 Å². The van der Waals surface area contributed by atoms with Gasteiger partial charge in [0.1, 0.15) is 0 Å². The number of nitrogens with one attached hydrogen (secondary N) is 1. The summed E-state index contributed by atoms with van der Waals surface area (Å²) in [4.78, 5) is 29.9. The molecule has 25 heavy (non-hydrogen) atoms. The van der Waals surface area contributed by atoms with Gasteiger partial charge < -0.3 is 15.0 Å². The van der Waals surface area contributed by atoms with Gasteiger partial charge >= 0.3 is 5.97 Å². The number of unbranched alkanes of at least 4 members (excludes halogenated alkanes) is 1. The maximum Gasteiger partial charge on any atom is 0.337 e. The standard InChI is InChI=1S/C19H23N3O3/c1-4-5-9-22(2)18(23)15-11-17(13-20-12-15)21-16-8-6-7-14(10-16)19(24)25-3/h6-8,10-13,21H,4-5,9H2,1-3H3. The van der Waals surface area contributed by atoms with Crippen molar-refractivity contribution in [3.05, 3.63) is 53.9 Å². The molecule has 0 unspecified atom stereocenters. The molecule has 0 spiro atoms. The number of hydrogen-bond acceptors (Lipinski definition) is 5. The average molecular weight is 341 g/mol. The number of hydrogen-bond donors (Lipinski definition) is 1. The summed E-state index contributed by atoms with van der Waals surface area (Å²) >= 11 is 0. The summed E-state index contributed by atoms with van der Waals surface area (Å²) in [6.07, 6.45) is 5.19. The number of methoxy groups -OCH3 is 1. The number of esters is 1. The first-order valence-electron chi connectivity index (χ1n) is 8.21. The minimum atomic E-state index is -0.400. The fourth-order valence-electron chi connectivity index (χ4n) is 2.35. The van der Waals surface area contributed by atoms with Gasteiger partial charge in [0.2, 0.25) is 0 Å². The predicted molar refractivity (Wildman–Crippen MR) is 97.2 cm³/mol. The molecule has 6 heteroatoms. The molecule has 2 rings (SSSR count). The molecular weight excluding hydrogens is 318 g/mol. The summed E-state index contributed by atoms with van der Waals surface area (Å²) in [5.41, 5.74) is 2.37. The molecule has 0 saturated carbocycles. The summed E-state index contributed by atoms with van der Waals surface area (Å²) in [5.74, 6) is -0.462. The van der Waals surface area contributed by atoms with Gasteiger partial charge in [-0.05, 0) is 30.7 Å². The summed E-state index contributed by atoms with van der Waals surface area (Å²) in [5, 5.41) is 3.16. The lowest BCUT2D eigenvalue weighted by Crippen LogP contribution is -2.27. The van der Waals surface area contributed by atoms with E-state index in [1.165, 1.54) is 7.11 Å². The first kappa shape index (κ1) is 18.4. The number of carbonyl (C=O) groups is 2. The van der Waals surface area contributed by atoms with E-state index in [0.717, 1.165) is 12.8 Å². The van der Waals surface area contributed by atoms with Gasteiger partial charge in [-0.15, -0.1) is 0 Å². The third-order valence-corrected chi connectivity index (χ3v) is 3.75. The highest BCUT2D eigenvalue weighted by atomic mass is 16.5. The van der Waals surface area contributed by atoms with Crippen LogP contribution in [0.5, 0.6) is 0 Å². The largest absolute Gasteiger partial charge is 0.465 e. The van der Waals surface area contributed by atoms with Crippen molar-refractivity contribution in [2.45, 2.75) is 19.8 Å². The number of benzene rings is 1. The molecule has 0 fully saturated rings. The van der Waals surface area contributed by atoms with Gasteiger partial charge in [-0.2, -0.15) is 0 Å². The Labute approximate surface area is 147 Å². The Morgan fingerprint density at radius 2 is 1.92 bits per heavy atom. The van der Waals surface area contributed by atoms with Crippen LogP contribution in [0.15, 0.2) is 42.7 Å². The van der Waals surface area contributed by atoms with E-state index in [1.807, 2.05) is 6.07 Å². The molecule has 0 aliphatic rings. The molecule has 6 nitrogen and oxygen atoms in total. The summed E-state index contributed by atoms with van der Waals surface area (Å²) in [7, 11) is 3.13. The Bertz CT molecular complexity index is 746. The highest BCUT2D eigenvalue weighted by molar-refractivity contribution is 5.95. The van der Waals surface area contributed by atoms with Crippen LogP contribution >= 0.6 is 0 Å². The maximum atomic E-state index is 12.4. The lowest BCUT2D eigenvalue weighted by Gasteiger charge is -2.17. The fraction of sp³-hybridized carbons (Fsp3) is 0.316. The van der Waals surface area contributed by atoms with E-state index >= 15 is 0 Å². The van der Waals surface area contributed by atoms with Crippen molar-refractivity contribution in [1.29, 1.82) is 0 Å². The van der Waals surface area contributed by atoms with Gasteiger partial charge in [0.15, 0.2) is 0 Å². The van der Waals surface area contributed by atoms with Crippen molar-refractivity contribution in [3.63, 3.8) is 0 Å². The molecule has 132 valence electrons. The topological polar surface area (TPSA) is 71.5 Å². The molecule has 1 amide bonds. The highest BCUT2D eigenvalue weighted by Crippen LogP contribution is 2.19. The minimum absolute atomic E-state index is 0.0621. The number of amides is 1. The fourth-order valence-corrected chi connectivity index (χ4v) is 2.35. The van der Waals surface area contributed by atoms with Crippen LogP contribution in [0.1, 0.15) is 40.5 Å². The minimum Gasteiger partial charge on any atom is -0.465 e. The van der Waals surface area contributed by atoms with E-state index in [4.69, 9.17) is 4.74 Å². The zero-order valence-electron chi connectivity index (χ0n) is 14.8. The van der Waals surface area contributed by atoms with E-state index in [-0.39, 0.29) is 5.91 Å². The van der Waals surface area contributed by atoms with Crippen LogP contribution in [0.4, 0.5) is 11.4 Å². The summed E-state index contributed by atoms with van der Waals surface area (Å²) < 4.78 is 4.72. The van der Waals surface area contributed by atoms with Gasteiger partial charge in [-0.25, -0.2) is 4.79 Å². The Morgan fingerprint density at radius 1 is 1.16 bits per heavy atom. The summed E-state index contributed by atoms with van der Waals surface area (Å²) in [6.45, 7) is 2.81. The number of carbonyl (C=O) groups excluding carboxylic acids is 2. The molecule has 0 bridgehead atoms. The highest BCUT2D eigenvalue weighted by Gasteiger charge is 2.12. The molecule has 1 N–H and O–H groups in total. The predicted octanol–water partition coefficient (Wildman–Crippen LogP) is 3.48. The van der Waals surface area contributed by atoms with Crippen LogP contribution in [0.3, 0.4) is 0 Å². The molecule has 0 saturated heterocycles. The molecule has 0 aliphatic carbocycles. The maximum absolute atomic E-state index is 12.4. The van der Waals surface area contributed by atoms with Crippen molar-refractivity contribution >= 4 is 23.3 Å². The van der Waals surface area contributed by atoms with Gasteiger partial charge in [0.05, 0.1) is 30.1 Å². The number of rotatable bonds is 7. The SMILES string of the molecule is CCCCN(C)C(=O)c1cncc(Nc2cccc(C(=O)OC)c2)c1. The second-order valence-corrected chi connectivity index (χ2v) is 5.74. The quantitative estimate of drug-likeness (QED) is 0.781. The molecule has 0 radical (unpaired) electrons.